The van der Waals surface area contributed by atoms with Crippen molar-refractivity contribution in [2.45, 2.75) is 40.2 Å². The van der Waals surface area contributed by atoms with Gasteiger partial charge in [-0.05, 0) is 51.0 Å². The van der Waals surface area contributed by atoms with E-state index >= 15 is 0 Å². The zero-order valence-electron chi connectivity index (χ0n) is 9.83. The lowest BCUT2D eigenvalue weighted by molar-refractivity contribution is 0.101. The first-order chi connectivity index (χ1) is 7.04. The van der Waals surface area contributed by atoms with E-state index in [0.717, 1.165) is 23.3 Å². The molecule has 0 aliphatic carbocycles. The predicted molar refractivity (Wildman–Crippen MR) is 61.6 cm³/mol. The van der Waals surface area contributed by atoms with Gasteiger partial charge in [0.1, 0.15) is 5.75 Å². The van der Waals surface area contributed by atoms with Gasteiger partial charge in [0.05, 0.1) is 6.10 Å². The second-order valence-corrected chi connectivity index (χ2v) is 3.87. The molecular weight excluding hydrogens is 188 g/mol. The fourth-order valence-corrected chi connectivity index (χ4v) is 1.42. The van der Waals surface area contributed by atoms with Gasteiger partial charge in [0, 0.05) is 5.56 Å². The molecule has 0 radical (unpaired) electrons. The predicted octanol–water partition coefficient (Wildman–Crippen LogP) is 3.37. The fraction of sp³-hybridized carbons (Fsp3) is 0.462. The van der Waals surface area contributed by atoms with Gasteiger partial charge in [0.25, 0.3) is 0 Å². The summed E-state index contributed by atoms with van der Waals surface area (Å²) in [6.07, 6.45) is 1.20. The normalized spacial score (nSPS) is 12.3. The zero-order chi connectivity index (χ0) is 11.4. The highest BCUT2D eigenvalue weighted by atomic mass is 16.5. The van der Waals surface area contributed by atoms with E-state index < -0.39 is 0 Å². The van der Waals surface area contributed by atoms with E-state index in [9.17, 15) is 4.79 Å². The minimum absolute atomic E-state index is 0.0996. The van der Waals surface area contributed by atoms with E-state index in [-0.39, 0.29) is 11.9 Å². The van der Waals surface area contributed by atoms with Gasteiger partial charge in [-0.15, -0.1) is 0 Å². The first kappa shape index (κ1) is 11.8. The van der Waals surface area contributed by atoms with Crippen LogP contribution < -0.4 is 4.74 Å². The van der Waals surface area contributed by atoms with Crippen LogP contribution in [0.5, 0.6) is 5.75 Å². The van der Waals surface area contributed by atoms with Crippen molar-refractivity contribution >= 4 is 5.78 Å². The van der Waals surface area contributed by atoms with Crippen molar-refractivity contribution in [2.24, 2.45) is 0 Å². The molecule has 82 valence electrons. The van der Waals surface area contributed by atoms with Gasteiger partial charge in [0.2, 0.25) is 0 Å². The number of rotatable bonds is 4. The topological polar surface area (TPSA) is 26.3 Å². The Morgan fingerprint density at radius 2 is 2.13 bits per heavy atom. The molecule has 0 aromatic heterocycles. The number of ketones is 1. The second-order valence-electron chi connectivity index (χ2n) is 3.87. The van der Waals surface area contributed by atoms with Crippen LogP contribution in [0.3, 0.4) is 0 Å². The summed E-state index contributed by atoms with van der Waals surface area (Å²) in [7, 11) is 0. The molecule has 1 aromatic carbocycles. The molecule has 0 fully saturated rings. The van der Waals surface area contributed by atoms with Crippen molar-refractivity contribution in [2.75, 3.05) is 0 Å². The van der Waals surface area contributed by atoms with Gasteiger partial charge in [-0.3, -0.25) is 4.79 Å². The Balaban J connectivity index is 2.87. The zero-order valence-corrected chi connectivity index (χ0v) is 9.83. The first-order valence-corrected chi connectivity index (χ1v) is 5.32. The molecule has 1 aromatic rings. The third-order valence-corrected chi connectivity index (χ3v) is 2.49. The summed E-state index contributed by atoms with van der Waals surface area (Å²) in [4.78, 5) is 11.2. The summed E-state index contributed by atoms with van der Waals surface area (Å²) in [5.41, 5.74) is 1.75. The first-order valence-electron chi connectivity index (χ1n) is 5.32. The molecule has 0 spiro atoms. The molecule has 15 heavy (non-hydrogen) atoms. The molecule has 2 heteroatoms. The molecule has 0 bridgehead atoms. The van der Waals surface area contributed by atoms with Crippen LogP contribution in [0.4, 0.5) is 0 Å². The minimum Gasteiger partial charge on any atom is -0.491 e. The molecule has 1 unspecified atom stereocenters. The van der Waals surface area contributed by atoms with Crippen LogP contribution in [-0.2, 0) is 0 Å². The summed E-state index contributed by atoms with van der Waals surface area (Å²) in [6, 6.07) is 5.61. The van der Waals surface area contributed by atoms with Crippen LogP contribution in [0.2, 0.25) is 0 Å². The lowest BCUT2D eigenvalue weighted by atomic mass is 10.1. The Hall–Kier alpha value is -1.31. The number of ether oxygens (including phenoxy) is 1. The number of aryl methyl sites for hydroxylation is 1. The molecular formula is C13H18O2. The smallest absolute Gasteiger partial charge is 0.160 e. The third-order valence-electron chi connectivity index (χ3n) is 2.49. The van der Waals surface area contributed by atoms with Crippen LogP contribution in [0.25, 0.3) is 0 Å². The van der Waals surface area contributed by atoms with Crippen molar-refractivity contribution in [3.05, 3.63) is 29.3 Å². The summed E-state index contributed by atoms with van der Waals surface area (Å²) >= 11 is 0. The highest BCUT2D eigenvalue weighted by molar-refractivity contribution is 5.95. The Bertz CT molecular complexity index is 356. The van der Waals surface area contributed by atoms with Crippen LogP contribution in [0.15, 0.2) is 18.2 Å². The highest BCUT2D eigenvalue weighted by Crippen LogP contribution is 2.19. The molecule has 0 aliphatic heterocycles. The number of benzene rings is 1. The summed E-state index contributed by atoms with van der Waals surface area (Å²) < 4.78 is 5.67. The maximum atomic E-state index is 11.2. The molecule has 1 atom stereocenters. The average Bonchev–Trinajstić information content (AvgIpc) is 2.17. The molecule has 0 heterocycles. The van der Waals surface area contributed by atoms with Crippen molar-refractivity contribution in [1.29, 1.82) is 0 Å². The number of hydrogen-bond acceptors (Lipinski definition) is 2. The lowest BCUT2D eigenvalue weighted by Gasteiger charge is -2.13. The Morgan fingerprint density at radius 3 is 2.60 bits per heavy atom. The van der Waals surface area contributed by atoms with Crippen LogP contribution >= 0.6 is 0 Å². The largest absolute Gasteiger partial charge is 0.491 e. The van der Waals surface area contributed by atoms with E-state index in [1.165, 1.54) is 0 Å². The van der Waals surface area contributed by atoms with Crippen LogP contribution in [0.1, 0.15) is 43.1 Å². The summed E-state index contributed by atoms with van der Waals surface area (Å²) in [5.74, 6) is 0.939. The highest BCUT2D eigenvalue weighted by Gasteiger charge is 2.06. The van der Waals surface area contributed by atoms with E-state index in [1.54, 1.807) is 6.92 Å². The van der Waals surface area contributed by atoms with Crippen molar-refractivity contribution in [3.63, 3.8) is 0 Å². The lowest BCUT2D eigenvalue weighted by Crippen LogP contribution is -2.10. The maximum Gasteiger partial charge on any atom is 0.160 e. The number of hydrogen-bond donors (Lipinski definition) is 0. The molecule has 0 saturated carbocycles. The Morgan fingerprint density at radius 1 is 1.47 bits per heavy atom. The molecule has 1 rings (SSSR count). The van der Waals surface area contributed by atoms with Crippen LogP contribution in [0, 0.1) is 6.92 Å². The van der Waals surface area contributed by atoms with Gasteiger partial charge in [-0.1, -0.05) is 6.92 Å². The number of Topliss-reactive ketones (excluding diaryl/α,β-unsaturated/α-hetero) is 1. The standard InChI is InChI=1S/C13H18O2/c1-5-10(3)15-12-6-7-13(11(4)14)9(2)8-12/h6-8,10H,5H2,1-4H3. The molecule has 0 saturated heterocycles. The second kappa shape index (κ2) is 4.96. The van der Waals surface area contributed by atoms with Crippen molar-refractivity contribution in [3.8, 4) is 5.75 Å². The summed E-state index contributed by atoms with van der Waals surface area (Å²) in [6.45, 7) is 7.63. The molecule has 0 aliphatic rings. The molecule has 0 amide bonds. The monoisotopic (exact) mass is 206 g/mol. The van der Waals surface area contributed by atoms with Gasteiger partial charge in [-0.2, -0.15) is 0 Å². The Kier molecular flexibility index (Phi) is 3.89. The average molecular weight is 206 g/mol. The van der Waals surface area contributed by atoms with Gasteiger partial charge >= 0.3 is 0 Å². The van der Waals surface area contributed by atoms with E-state index in [4.69, 9.17) is 4.74 Å². The van der Waals surface area contributed by atoms with Gasteiger partial charge < -0.3 is 4.74 Å². The van der Waals surface area contributed by atoms with Crippen molar-refractivity contribution < 1.29 is 9.53 Å². The van der Waals surface area contributed by atoms with Crippen molar-refractivity contribution in [1.82, 2.24) is 0 Å². The number of carbonyl (C=O) groups is 1. The Labute approximate surface area is 91.3 Å². The van der Waals surface area contributed by atoms with E-state index in [2.05, 4.69) is 6.92 Å². The molecule has 2 nitrogen and oxygen atoms in total. The SMILES string of the molecule is CCC(C)Oc1ccc(C(C)=O)c(C)c1. The van der Waals surface area contributed by atoms with Crippen LogP contribution in [-0.4, -0.2) is 11.9 Å². The maximum absolute atomic E-state index is 11.2. The van der Waals surface area contributed by atoms with E-state index in [0.29, 0.717) is 0 Å². The number of carbonyl (C=O) groups excluding carboxylic acids is 1. The molecule has 0 N–H and O–H groups in total. The minimum atomic E-state index is 0.0996. The van der Waals surface area contributed by atoms with E-state index in [1.807, 2.05) is 32.0 Å². The quantitative estimate of drug-likeness (QED) is 0.706. The van der Waals surface area contributed by atoms with Gasteiger partial charge in [0.15, 0.2) is 5.78 Å². The summed E-state index contributed by atoms with van der Waals surface area (Å²) in [5, 5.41) is 0. The fourth-order valence-electron chi connectivity index (χ4n) is 1.42. The van der Waals surface area contributed by atoms with Gasteiger partial charge in [-0.25, -0.2) is 0 Å². The third kappa shape index (κ3) is 3.08.